The third-order valence-corrected chi connectivity index (χ3v) is 3.36. The second-order valence-corrected chi connectivity index (χ2v) is 5.45. The Morgan fingerprint density at radius 1 is 1.50 bits per heavy atom. The number of rotatable bonds is 8. The third kappa shape index (κ3) is 5.63. The molecular formula is C13H19ClN4OS. The second-order valence-electron chi connectivity index (χ2n) is 3.99. The number of nitrogens with one attached hydrogen (secondary N) is 1. The van der Waals surface area contributed by atoms with Gasteiger partial charge in [0.25, 0.3) is 0 Å². The SMILES string of the molecule is C=C(Cl)/C=C(\C=C(/N)OC)c1nnc(NCCCC)s1. The molecule has 0 saturated carbocycles. The number of hydrogen-bond acceptors (Lipinski definition) is 6. The van der Waals surface area contributed by atoms with E-state index in [1.54, 1.807) is 12.2 Å². The fraction of sp³-hybridized carbons (Fsp3) is 0.385. The zero-order chi connectivity index (χ0) is 15.0. The minimum Gasteiger partial charge on any atom is -0.483 e. The average Bonchev–Trinajstić information content (AvgIpc) is 2.86. The molecule has 0 radical (unpaired) electrons. The number of halogens is 1. The van der Waals surface area contributed by atoms with Gasteiger partial charge in [0.1, 0.15) is 5.01 Å². The largest absolute Gasteiger partial charge is 0.483 e. The van der Waals surface area contributed by atoms with Crippen molar-refractivity contribution in [3.05, 3.63) is 34.7 Å². The molecule has 110 valence electrons. The molecule has 0 saturated heterocycles. The van der Waals surface area contributed by atoms with Gasteiger partial charge in [-0.2, -0.15) is 0 Å². The Morgan fingerprint density at radius 3 is 2.85 bits per heavy atom. The van der Waals surface area contributed by atoms with E-state index >= 15 is 0 Å². The number of nitrogens with two attached hydrogens (primary N) is 1. The Balaban J connectivity index is 2.90. The third-order valence-electron chi connectivity index (χ3n) is 2.32. The Bertz CT molecular complexity index is 510. The van der Waals surface area contributed by atoms with Crippen molar-refractivity contribution in [2.75, 3.05) is 19.0 Å². The number of hydrogen-bond donors (Lipinski definition) is 2. The zero-order valence-electron chi connectivity index (χ0n) is 11.6. The molecule has 5 nitrogen and oxygen atoms in total. The fourth-order valence-electron chi connectivity index (χ4n) is 1.33. The molecule has 1 heterocycles. The van der Waals surface area contributed by atoms with Gasteiger partial charge in [-0.1, -0.05) is 42.9 Å². The first-order chi connectivity index (χ1) is 9.56. The van der Waals surface area contributed by atoms with Gasteiger partial charge in [-0.15, -0.1) is 10.2 Å². The number of anilines is 1. The first-order valence-electron chi connectivity index (χ1n) is 6.21. The zero-order valence-corrected chi connectivity index (χ0v) is 13.2. The first-order valence-corrected chi connectivity index (χ1v) is 7.41. The summed E-state index contributed by atoms with van der Waals surface area (Å²) in [4.78, 5) is 0. The normalized spacial score (nSPS) is 12.3. The molecule has 0 aliphatic carbocycles. The molecule has 0 amide bonds. The van der Waals surface area contributed by atoms with Gasteiger partial charge in [0.05, 0.1) is 7.11 Å². The predicted octanol–water partition coefficient (Wildman–Crippen LogP) is 3.33. The summed E-state index contributed by atoms with van der Waals surface area (Å²) in [6.45, 7) is 6.65. The average molecular weight is 315 g/mol. The molecule has 0 fully saturated rings. The summed E-state index contributed by atoms with van der Waals surface area (Å²) in [7, 11) is 1.50. The van der Waals surface area contributed by atoms with Gasteiger partial charge in [0, 0.05) is 23.2 Å². The van der Waals surface area contributed by atoms with Gasteiger partial charge in [-0.25, -0.2) is 0 Å². The molecule has 1 aromatic rings. The van der Waals surface area contributed by atoms with Crippen LogP contribution in [0.5, 0.6) is 0 Å². The maximum absolute atomic E-state index is 5.82. The van der Waals surface area contributed by atoms with Crippen LogP contribution in [-0.2, 0) is 4.74 Å². The Labute approximate surface area is 128 Å². The van der Waals surface area contributed by atoms with Crippen LogP contribution in [0.25, 0.3) is 5.57 Å². The smallest absolute Gasteiger partial charge is 0.206 e. The molecule has 3 N–H and O–H groups in total. The van der Waals surface area contributed by atoms with Crippen LogP contribution >= 0.6 is 22.9 Å². The van der Waals surface area contributed by atoms with E-state index in [-0.39, 0.29) is 5.88 Å². The van der Waals surface area contributed by atoms with Crippen molar-refractivity contribution in [3.8, 4) is 0 Å². The van der Waals surface area contributed by atoms with E-state index in [2.05, 4.69) is 29.0 Å². The Hall–Kier alpha value is -1.53. The minimum atomic E-state index is 0.268. The van der Waals surface area contributed by atoms with Crippen molar-refractivity contribution < 1.29 is 4.74 Å². The number of allylic oxidation sites excluding steroid dienone is 4. The molecule has 1 aromatic heterocycles. The van der Waals surface area contributed by atoms with Gasteiger partial charge in [-0.3, -0.25) is 0 Å². The van der Waals surface area contributed by atoms with Crippen molar-refractivity contribution in [2.45, 2.75) is 19.8 Å². The summed E-state index contributed by atoms with van der Waals surface area (Å²) in [6.07, 6.45) is 5.53. The van der Waals surface area contributed by atoms with Gasteiger partial charge in [0.2, 0.25) is 5.13 Å². The van der Waals surface area contributed by atoms with Crippen LogP contribution in [0, 0.1) is 0 Å². The molecule has 0 aromatic carbocycles. The van der Waals surface area contributed by atoms with Crippen molar-refractivity contribution in [2.24, 2.45) is 5.73 Å². The molecule has 0 bridgehead atoms. The van der Waals surface area contributed by atoms with E-state index in [4.69, 9.17) is 22.1 Å². The highest BCUT2D eigenvalue weighted by molar-refractivity contribution is 7.16. The van der Waals surface area contributed by atoms with E-state index in [0.717, 1.165) is 24.5 Å². The van der Waals surface area contributed by atoms with Gasteiger partial charge >= 0.3 is 0 Å². The number of nitrogens with zero attached hydrogens (tertiary/aromatic N) is 2. The molecule has 0 aliphatic heterocycles. The topological polar surface area (TPSA) is 73.1 Å². The van der Waals surface area contributed by atoms with Crippen LogP contribution in [0.4, 0.5) is 5.13 Å². The molecule has 0 aliphatic rings. The van der Waals surface area contributed by atoms with Crippen molar-refractivity contribution in [1.29, 1.82) is 0 Å². The number of ether oxygens (including phenoxy) is 1. The van der Waals surface area contributed by atoms with E-state index in [1.165, 1.54) is 18.4 Å². The fourth-order valence-corrected chi connectivity index (χ4v) is 2.20. The maximum Gasteiger partial charge on any atom is 0.206 e. The number of aromatic nitrogens is 2. The summed E-state index contributed by atoms with van der Waals surface area (Å²) in [5.41, 5.74) is 6.37. The molecule has 0 unspecified atom stereocenters. The van der Waals surface area contributed by atoms with Crippen molar-refractivity contribution >= 4 is 33.6 Å². The number of methoxy groups -OCH3 is 1. The molecule has 0 spiro atoms. The van der Waals surface area contributed by atoms with E-state index in [1.807, 2.05) is 0 Å². The molecule has 7 heteroatoms. The van der Waals surface area contributed by atoms with Gasteiger partial charge in [-0.05, 0) is 12.5 Å². The van der Waals surface area contributed by atoms with Crippen molar-refractivity contribution in [3.63, 3.8) is 0 Å². The van der Waals surface area contributed by atoms with Gasteiger partial charge < -0.3 is 15.8 Å². The summed E-state index contributed by atoms with van der Waals surface area (Å²) >= 11 is 7.25. The van der Waals surface area contributed by atoms with E-state index in [0.29, 0.717) is 15.6 Å². The Kier molecular flexibility index (Phi) is 7.11. The summed E-state index contributed by atoms with van der Waals surface area (Å²) in [5.74, 6) is 0.268. The van der Waals surface area contributed by atoms with Crippen LogP contribution in [0.2, 0.25) is 0 Å². The van der Waals surface area contributed by atoms with Crippen LogP contribution in [0.15, 0.2) is 29.6 Å². The molecule has 0 atom stereocenters. The lowest BCUT2D eigenvalue weighted by Crippen LogP contribution is -1.99. The Morgan fingerprint density at radius 2 is 2.25 bits per heavy atom. The highest BCUT2D eigenvalue weighted by Gasteiger charge is 2.08. The monoisotopic (exact) mass is 314 g/mol. The lowest BCUT2D eigenvalue weighted by atomic mass is 10.2. The predicted molar refractivity (Wildman–Crippen MR) is 85.6 cm³/mol. The highest BCUT2D eigenvalue weighted by Crippen LogP contribution is 2.25. The quantitative estimate of drug-likeness (QED) is 0.437. The van der Waals surface area contributed by atoms with E-state index < -0.39 is 0 Å². The molecule has 1 rings (SSSR count). The van der Waals surface area contributed by atoms with Crippen molar-refractivity contribution in [1.82, 2.24) is 10.2 Å². The minimum absolute atomic E-state index is 0.268. The summed E-state index contributed by atoms with van der Waals surface area (Å²) in [5, 5.41) is 13.3. The van der Waals surface area contributed by atoms with Gasteiger partial charge in [0.15, 0.2) is 5.88 Å². The lowest BCUT2D eigenvalue weighted by molar-refractivity contribution is 0.288. The maximum atomic E-state index is 5.82. The standard InChI is InChI=1S/C13H19ClN4OS/c1-4-5-6-16-13-18-17-12(20-13)10(7-9(2)14)8-11(15)19-3/h7-8H,2,4-6,15H2,1,3H3,(H,16,18)/b10-7+,11-8+. The molecular weight excluding hydrogens is 296 g/mol. The van der Waals surface area contributed by atoms with Crippen LogP contribution < -0.4 is 11.1 Å². The summed E-state index contributed by atoms with van der Waals surface area (Å²) < 4.78 is 4.94. The summed E-state index contributed by atoms with van der Waals surface area (Å²) in [6, 6.07) is 0. The highest BCUT2D eigenvalue weighted by atomic mass is 35.5. The van der Waals surface area contributed by atoms with Crippen LogP contribution in [0.3, 0.4) is 0 Å². The number of unbranched alkanes of at least 4 members (excludes halogenated alkanes) is 1. The second kappa shape index (κ2) is 8.60. The first kappa shape index (κ1) is 16.5. The van der Waals surface area contributed by atoms with E-state index in [9.17, 15) is 0 Å². The lowest BCUT2D eigenvalue weighted by Gasteiger charge is -2.01. The van der Waals surface area contributed by atoms with Crippen LogP contribution in [-0.4, -0.2) is 23.9 Å². The van der Waals surface area contributed by atoms with Crippen LogP contribution in [0.1, 0.15) is 24.8 Å². The molecule has 20 heavy (non-hydrogen) atoms.